The number of pyridine rings is 1. The van der Waals surface area contributed by atoms with Crippen LogP contribution in [0.15, 0.2) is 48.8 Å². The third-order valence-electron chi connectivity index (χ3n) is 6.51. The molecular formula is C25H32N6O. The third-order valence-corrected chi connectivity index (χ3v) is 6.51. The zero-order chi connectivity index (χ0) is 21.8. The first-order valence-corrected chi connectivity index (χ1v) is 11.6. The Kier molecular flexibility index (Phi) is 6.57. The zero-order valence-electron chi connectivity index (χ0n) is 18.9. The fourth-order valence-corrected chi connectivity index (χ4v) is 4.90. The predicted octanol–water partition coefficient (Wildman–Crippen LogP) is 2.47. The van der Waals surface area contributed by atoms with Crippen molar-refractivity contribution in [2.45, 2.75) is 13.0 Å². The average Bonchev–Trinajstić information content (AvgIpc) is 3.00. The van der Waals surface area contributed by atoms with Gasteiger partial charge in [-0.2, -0.15) is 0 Å². The van der Waals surface area contributed by atoms with Gasteiger partial charge in [0.2, 0.25) is 5.95 Å². The highest BCUT2D eigenvalue weighted by Crippen LogP contribution is 2.22. The Morgan fingerprint density at radius 2 is 1.84 bits per heavy atom. The molecule has 0 unspecified atom stereocenters. The number of hydrogen-bond donors (Lipinski definition) is 0. The highest BCUT2D eigenvalue weighted by atomic mass is 16.5. The van der Waals surface area contributed by atoms with Crippen LogP contribution >= 0.6 is 0 Å². The van der Waals surface area contributed by atoms with Gasteiger partial charge in [0.05, 0.1) is 24.4 Å². The van der Waals surface area contributed by atoms with Crippen LogP contribution in [0, 0.1) is 5.92 Å². The molecule has 4 heterocycles. The third kappa shape index (κ3) is 5.06. The molecule has 5 rings (SSSR count). The Bertz CT molecular complexity index is 1030. The van der Waals surface area contributed by atoms with Crippen LogP contribution in [-0.4, -0.2) is 84.3 Å². The molecule has 0 spiro atoms. The van der Waals surface area contributed by atoms with Crippen molar-refractivity contribution in [1.29, 1.82) is 0 Å². The number of aromatic nitrogens is 3. The molecule has 0 radical (unpaired) electrons. The molecule has 1 aromatic carbocycles. The summed E-state index contributed by atoms with van der Waals surface area (Å²) in [5.74, 6) is 1.39. The van der Waals surface area contributed by atoms with Crippen molar-refractivity contribution in [3.63, 3.8) is 0 Å². The summed E-state index contributed by atoms with van der Waals surface area (Å²) in [4.78, 5) is 21.2. The van der Waals surface area contributed by atoms with E-state index in [0.29, 0.717) is 5.92 Å². The first-order valence-electron chi connectivity index (χ1n) is 11.6. The minimum absolute atomic E-state index is 0.564. The first-order chi connectivity index (χ1) is 15.7. The van der Waals surface area contributed by atoms with Crippen molar-refractivity contribution in [3.05, 3.63) is 60.0 Å². The van der Waals surface area contributed by atoms with Gasteiger partial charge in [0.1, 0.15) is 0 Å². The van der Waals surface area contributed by atoms with Crippen molar-refractivity contribution in [1.82, 2.24) is 24.8 Å². The summed E-state index contributed by atoms with van der Waals surface area (Å²) in [5.41, 5.74) is 3.58. The van der Waals surface area contributed by atoms with Crippen molar-refractivity contribution < 1.29 is 4.74 Å². The summed E-state index contributed by atoms with van der Waals surface area (Å²) in [6.07, 6.45) is 4.84. The van der Waals surface area contributed by atoms with Crippen LogP contribution in [0.25, 0.3) is 10.9 Å². The average molecular weight is 433 g/mol. The van der Waals surface area contributed by atoms with E-state index in [1.807, 2.05) is 18.5 Å². The summed E-state index contributed by atoms with van der Waals surface area (Å²) in [5, 5.41) is 1.28. The molecule has 0 aliphatic carbocycles. The number of ether oxygens (including phenoxy) is 1. The minimum Gasteiger partial charge on any atom is -0.378 e. The normalized spacial score (nSPS) is 21.0. The summed E-state index contributed by atoms with van der Waals surface area (Å²) in [7, 11) is 2.24. The lowest BCUT2D eigenvalue weighted by Gasteiger charge is -2.27. The van der Waals surface area contributed by atoms with Gasteiger partial charge < -0.3 is 14.5 Å². The molecule has 3 aromatic rings. The summed E-state index contributed by atoms with van der Waals surface area (Å²) < 4.78 is 5.47. The summed E-state index contributed by atoms with van der Waals surface area (Å²) in [6, 6.07) is 12.8. The van der Waals surface area contributed by atoms with Crippen LogP contribution in [0.3, 0.4) is 0 Å². The maximum atomic E-state index is 5.47. The molecule has 0 amide bonds. The molecule has 7 nitrogen and oxygen atoms in total. The fourth-order valence-electron chi connectivity index (χ4n) is 4.90. The van der Waals surface area contributed by atoms with Crippen LogP contribution in [0.2, 0.25) is 0 Å². The Morgan fingerprint density at radius 3 is 2.75 bits per heavy atom. The molecule has 0 N–H and O–H groups in total. The minimum atomic E-state index is 0.564. The largest absolute Gasteiger partial charge is 0.378 e. The number of benzene rings is 1. The topological polar surface area (TPSA) is 57.6 Å². The van der Waals surface area contributed by atoms with E-state index in [1.54, 1.807) is 0 Å². The van der Waals surface area contributed by atoms with Gasteiger partial charge >= 0.3 is 0 Å². The number of morpholine rings is 1. The number of hydrogen-bond acceptors (Lipinski definition) is 7. The molecular weight excluding hydrogens is 400 g/mol. The monoisotopic (exact) mass is 432 g/mol. The number of rotatable bonds is 5. The molecule has 2 aliphatic rings. The Balaban J connectivity index is 1.30. The second kappa shape index (κ2) is 9.90. The zero-order valence-corrected chi connectivity index (χ0v) is 18.9. The SMILES string of the molecule is CN1CCN(Cc2ccnc(N3CCOCC3)n2)C[C@@H](Cc2cccc3ncccc23)C1. The molecule has 2 aliphatic heterocycles. The van der Waals surface area contributed by atoms with Crippen molar-refractivity contribution in [2.75, 3.05) is 64.4 Å². The number of nitrogens with zero attached hydrogens (tertiary/aromatic N) is 6. The molecule has 0 saturated carbocycles. The van der Waals surface area contributed by atoms with Crippen molar-refractivity contribution in [2.24, 2.45) is 5.92 Å². The Morgan fingerprint density at radius 1 is 0.938 bits per heavy atom. The first kappa shape index (κ1) is 21.2. The Hall–Kier alpha value is -2.61. The molecule has 2 saturated heterocycles. The molecule has 0 bridgehead atoms. The van der Waals surface area contributed by atoms with Crippen LogP contribution < -0.4 is 4.90 Å². The van der Waals surface area contributed by atoms with E-state index in [-0.39, 0.29) is 0 Å². The number of fused-ring (bicyclic) bond motifs is 1. The van der Waals surface area contributed by atoms with Crippen molar-refractivity contribution >= 4 is 16.9 Å². The molecule has 1 atom stereocenters. The van der Waals surface area contributed by atoms with E-state index in [9.17, 15) is 0 Å². The number of likely N-dealkylation sites (N-methyl/N-ethyl adjacent to an activating group) is 1. The molecule has 32 heavy (non-hydrogen) atoms. The predicted molar refractivity (Wildman–Crippen MR) is 127 cm³/mol. The second-order valence-corrected chi connectivity index (χ2v) is 9.00. The van der Waals surface area contributed by atoms with Gasteiger partial charge in [0, 0.05) is 63.6 Å². The van der Waals surface area contributed by atoms with Gasteiger partial charge in [-0.3, -0.25) is 9.88 Å². The second-order valence-electron chi connectivity index (χ2n) is 9.00. The van der Waals surface area contributed by atoms with Crippen LogP contribution in [0.5, 0.6) is 0 Å². The van der Waals surface area contributed by atoms with E-state index in [2.05, 4.69) is 62.0 Å². The summed E-state index contributed by atoms with van der Waals surface area (Å²) in [6.45, 7) is 8.39. The van der Waals surface area contributed by atoms with E-state index in [4.69, 9.17) is 9.72 Å². The van der Waals surface area contributed by atoms with Gasteiger partial charge in [0.25, 0.3) is 0 Å². The van der Waals surface area contributed by atoms with E-state index >= 15 is 0 Å². The maximum Gasteiger partial charge on any atom is 0.225 e. The van der Waals surface area contributed by atoms with E-state index < -0.39 is 0 Å². The fraction of sp³-hybridized carbons (Fsp3) is 0.480. The van der Waals surface area contributed by atoms with Gasteiger partial charge in [-0.05, 0) is 43.1 Å². The molecule has 7 heteroatoms. The van der Waals surface area contributed by atoms with Gasteiger partial charge in [0.15, 0.2) is 0 Å². The molecule has 168 valence electrons. The lowest BCUT2D eigenvalue weighted by atomic mass is 9.95. The van der Waals surface area contributed by atoms with Gasteiger partial charge in [-0.1, -0.05) is 18.2 Å². The van der Waals surface area contributed by atoms with Gasteiger partial charge in [-0.25, -0.2) is 9.97 Å². The van der Waals surface area contributed by atoms with Crippen LogP contribution in [0.4, 0.5) is 5.95 Å². The van der Waals surface area contributed by atoms with Crippen LogP contribution in [0.1, 0.15) is 11.3 Å². The Labute approximate surface area is 190 Å². The highest BCUT2D eigenvalue weighted by Gasteiger charge is 2.23. The quantitative estimate of drug-likeness (QED) is 0.614. The maximum absolute atomic E-state index is 5.47. The van der Waals surface area contributed by atoms with E-state index in [0.717, 1.165) is 82.6 Å². The molecule has 2 fully saturated rings. The van der Waals surface area contributed by atoms with Crippen LogP contribution in [-0.2, 0) is 17.7 Å². The lowest BCUT2D eigenvalue weighted by Crippen LogP contribution is -2.37. The van der Waals surface area contributed by atoms with Gasteiger partial charge in [-0.15, -0.1) is 0 Å². The summed E-state index contributed by atoms with van der Waals surface area (Å²) >= 11 is 0. The molecule has 2 aromatic heterocycles. The lowest BCUT2D eigenvalue weighted by molar-refractivity contribution is 0.122. The van der Waals surface area contributed by atoms with Crippen molar-refractivity contribution in [3.8, 4) is 0 Å². The smallest absolute Gasteiger partial charge is 0.225 e. The standard InChI is InChI=1S/C25H32N6O/c1-29-10-11-30(19-22-7-9-27-25(28-22)31-12-14-32-15-13-31)18-20(17-29)16-21-4-2-6-24-23(21)5-3-8-26-24/h2-9,20H,10-19H2,1H3/t20-/m0/s1. The number of anilines is 1. The van der Waals surface area contributed by atoms with E-state index in [1.165, 1.54) is 10.9 Å². The highest BCUT2D eigenvalue weighted by molar-refractivity contribution is 5.81.